The number of aromatic nitrogens is 2. The number of hydrogen-bond acceptors (Lipinski definition) is 6. The molecule has 166 valence electrons. The van der Waals surface area contributed by atoms with Gasteiger partial charge in [-0.05, 0) is 42.8 Å². The number of halogens is 2. The lowest BCUT2D eigenvalue weighted by atomic mass is 10.1. The van der Waals surface area contributed by atoms with Crippen LogP contribution in [-0.2, 0) is 6.61 Å². The van der Waals surface area contributed by atoms with Crippen molar-refractivity contribution in [3.05, 3.63) is 94.2 Å². The van der Waals surface area contributed by atoms with Gasteiger partial charge in [0.2, 0.25) is 0 Å². The van der Waals surface area contributed by atoms with Crippen molar-refractivity contribution in [2.24, 2.45) is 0 Å². The molecule has 0 unspecified atom stereocenters. The summed E-state index contributed by atoms with van der Waals surface area (Å²) in [5.41, 5.74) is -1.70. The van der Waals surface area contributed by atoms with E-state index < -0.39 is 21.9 Å². The van der Waals surface area contributed by atoms with E-state index in [-0.39, 0.29) is 12.3 Å². The lowest BCUT2D eigenvalue weighted by molar-refractivity contribution is -0.386. The first kappa shape index (κ1) is 23.1. The zero-order chi connectivity index (χ0) is 23.3. The molecule has 1 aromatic heterocycles. The first-order valence-electron chi connectivity index (χ1n) is 9.31. The molecule has 0 saturated carbocycles. The minimum Gasteiger partial charge on any atom is -0.490 e. The quantitative estimate of drug-likeness (QED) is 0.364. The molecule has 0 radical (unpaired) electrons. The van der Waals surface area contributed by atoms with E-state index in [9.17, 15) is 19.7 Å². The molecule has 0 atom stereocenters. The summed E-state index contributed by atoms with van der Waals surface area (Å²) in [6, 6.07) is 10.1. The summed E-state index contributed by atoms with van der Waals surface area (Å²) in [6.07, 6.45) is 2.76. The summed E-state index contributed by atoms with van der Waals surface area (Å²) < 4.78 is 11.5. The van der Waals surface area contributed by atoms with Crippen LogP contribution in [0, 0.1) is 10.1 Å². The Balaban J connectivity index is 1.89. The van der Waals surface area contributed by atoms with Crippen molar-refractivity contribution in [3.63, 3.8) is 0 Å². The molecule has 0 fully saturated rings. The van der Waals surface area contributed by atoms with Gasteiger partial charge in [0, 0.05) is 15.6 Å². The van der Waals surface area contributed by atoms with Crippen molar-refractivity contribution >= 4 is 41.0 Å². The van der Waals surface area contributed by atoms with Crippen LogP contribution in [0.4, 0.5) is 5.69 Å². The van der Waals surface area contributed by atoms with Crippen LogP contribution in [-0.4, -0.2) is 21.5 Å². The summed E-state index contributed by atoms with van der Waals surface area (Å²) >= 11 is 12.4. The lowest BCUT2D eigenvalue weighted by Gasteiger charge is -2.14. The summed E-state index contributed by atoms with van der Waals surface area (Å²) in [5, 5.41) is 12.1. The average molecular weight is 478 g/mol. The third-order valence-corrected chi connectivity index (χ3v) is 4.98. The number of rotatable bonds is 8. The van der Waals surface area contributed by atoms with E-state index in [0.29, 0.717) is 39.3 Å². The van der Waals surface area contributed by atoms with E-state index in [1.807, 2.05) is 11.9 Å². The number of nitro groups is 1. The van der Waals surface area contributed by atoms with Crippen LogP contribution in [0.25, 0.3) is 12.2 Å². The number of aromatic amines is 2. The molecule has 3 rings (SSSR count). The first-order chi connectivity index (χ1) is 15.3. The minimum atomic E-state index is -1.09. The first-order valence-corrected chi connectivity index (χ1v) is 10.1. The van der Waals surface area contributed by atoms with Crippen LogP contribution in [0.3, 0.4) is 0 Å². The third kappa shape index (κ3) is 5.37. The number of ether oxygens (including phenoxy) is 2. The summed E-state index contributed by atoms with van der Waals surface area (Å²) in [5.74, 6) is 0.863. The molecule has 0 amide bonds. The molecule has 0 aliphatic heterocycles. The van der Waals surface area contributed by atoms with Crippen LogP contribution in [0.15, 0.2) is 46.0 Å². The Hall–Kier alpha value is -3.56. The number of nitrogens with one attached hydrogen (secondary N) is 2. The molecule has 2 aromatic carbocycles. The van der Waals surface area contributed by atoms with Crippen LogP contribution < -0.4 is 20.7 Å². The van der Waals surface area contributed by atoms with Crippen LogP contribution in [0.5, 0.6) is 11.5 Å². The van der Waals surface area contributed by atoms with Crippen molar-refractivity contribution < 1.29 is 14.4 Å². The van der Waals surface area contributed by atoms with E-state index in [1.54, 1.807) is 36.4 Å². The van der Waals surface area contributed by atoms with Crippen LogP contribution >= 0.6 is 23.2 Å². The summed E-state index contributed by atoms with van der Waals surface area (Å²) in [6.45, 7) is 2.29. The Kier molecular flexibility index (Phi) is 7.34. The monoisotopic (exact) mass is 477 g/mol. The lowest BCUT2D eigenvalue weighted by Crippen LogP contribution is -2.25. The molecule has 0 spiro atoms. The number of H-pyrrole nitrogens is 2. The van der Waals surface area contributed by atoms with Gasteiger partial charge in [0.1, 0.15) is 12.3 Å². The zero-order valence-electron chi connectivity index (χ0n) is 16.7. The highest BCUT2D eigenvalue weighted by atomic mass is 35.5. The van der Waals surface area contributed by atoms with Gasteiger partial charge in [0.15, 0.2) is 11.5 Å². The Bertz CT molecular complexity index is 1280. The van der Waals surface area contributed by atoms with Gasteiger partial charge >= 0.3 is 16.9 Å². The van der Waals surface area contributed by atoms with Gasteiger partial charge in [-0.2, -0.15) is 0 Å². The molecule has 9 nitrogen and oxygen atoms in total. The smallest absolute Gasteiger partial charge is 0.357 e. The van der Waals surface area contributed by atoms with Crippen molar-refractivity contribution in [1.82, 2.24) is 9.97 Å². The van der Waals surface area contributed by atoms with Gasteiger partial charge in [-0.1, -0.05) is 41.4 Å². The molecule has 1 heterocycles. The molecule has 32 heavy (non-hydrogen) atoms. The number of nitrogens with zero attached hydrogens (tertiary/aromatic N) is 1. The van der Waals surface area contributed by atoms with Gasteiger partial charge in [-0.25, -0.2) is 4.79 Å². The van der Waals surface area contributed by atoms with E-state index in [2.05, 4.69) is 4.98 Å². The second kappa shape index (κ2) is 10.2. The van der Waals surface area contributed by atoms with Gasteiger partial charge < -0.3 is 14.5 Å². The standard InChI is InChI=1S/C21H17Cl2N3O6/c1-2-31-18-10-12(6-8-16-19(26(29)30)20(27)25-21(28)24-16)7-9-17(18)32-11-13-14(22)4-3-5-15(13)23/h3-10H,2,11H2,1H3,(H2,24,25,27,28)/b8-6+. The average Bonchev–Trinajstić information content (AvgIpc) is 2.72. The maximum atomic E-state index is 11.7. The van der Waals surface area contributed by atoms with Crippen LogP contribution in [0.2, 0.25) is 10.0 Å². The number of benzene rings is 2. The SMILES string of the molecule is CCOc1cc(/C=C/c2[nH]c(=O)[nH]c(=O)c2[N+](=O)[O-])ccc1OCc1c(Cl)cccc1Cl. The summed E-state index contributed by atoms with van der Waals surface area (Å²) in [4.78, 5) is 37.6. The summed E-state index contributed by atoms with van der Waals surface area (Å²) in [7, 11) is 0. The Morgan fingerprint density at radius 3 is 2.41 bits per heavy atom. The van der Waals surface area contributed by atoms with E-state index >= 15 is 0 Å². The maximum Gasteiger partial charge on any atom is 0.357 e. The van der Waals surface area contributed by atoms with E-state index in [1.165, 1.54) is 12.2 Å². The fraction of sp³-hybridized carbons (Fsp3) is 0.143. The van der Waals surface area contributed by atoms with Gasteiger partial charge in [-0.15, -0.1) is 0 Å². The van der Waals surface area contributed by atoms with Gasteiger partial charge in [-0.3, -0.25) is 19.9 Å². The molecule has 0 saturated heterocycles. The van der Waals surface area contributed by atoms with Crippen molar-refractivity contribution in [3.8, 4) is 11.5 Å². The fourth-order valence-corrected chi connectivity index (χ4v) is 3.32. The van der Waals surface area contributed by atoms with Crippen molar-refractivity contribution in [1.29, 1.82) is 0 Å². The van der Waals surface area contributed by atoms with Gasteiger partial charge in [0.05, 0.1) is 11.5 Å². The molecule has 0 bridgehead atoms. The zero-order valence-corrected chi connectivity index (χ0v) is 18.2. The molecule has 2 N–H and O–H groups in total. The highest BCUT2D eigenvalue weighted by Crippen LogP contribution is 2.32. The van der Waals surface area contributed by atoms with Crippen molar-refractivity contribution in [2.75, 3.05) is 6.61 Å². The fourth-order valence-electron chi connectivity index (χ4n) is 2.81. The number of hydrogen-bond donors (Lipinski definition) is 2. The predicted molar refractivity (Wildman–Crippen MR) is 122 cm³/mol. The topological polar surface area (TPSA) is 127 Å². The van der Waals surface area contributed by atoms with Gasteiger partial charge in [0.25, 0.3) is 0 Å². The molecular weight excluding hydrogens is 461 g/mol. The second-order valence-corrected chi connectivity index (χ2v) is 7.20. The molecule has 11 heteroatoms. The Morgan fingerprint density at radius 1 is 1.03 bits per heavy atom. The van der Waals surface area contributed by atoms with Crippen molar-refractivity contribution in [2.45, 2.75) is 13.5 Å². The molecule has 0 aliphatic rings. The van der Waals surface area contributed by atoms with Crippen LogP contribution in [0.1, 0.15) is 23.7 Å². The highest BCUT2D eigenvalue weighted by Gasteiger charge is 2.19. The normalized spacial score (nSPS) is 11.0. The van der Waals surface area contributed by atoms with E-state index in [0.717, 1.165) is 0 Å². The molecular formula is C21H17Cl2N3O6. The largest absolute Gasteiger partial charge is 0.490 e. The second-order valence-electron chi connectivity index (χ2n) is 6.39. The third-order valence-electron chi connectivity index (χ3n) is 4.27. The highest BCUT2D eigenvalue weighted by molar-refractivity contribution is 6.35. The van der Waals surface area contributed by atoms with E-state index in [4.69, 9.17) is 32.7 Å². The predicted octanol–water partition coefficient (Wildman–Crippen LogP) is 4.43. The molecule has 3 aromatic rings. The Labute approximate surface area is 191 Å². The maximum absolute atomic E-state index is 11.7. The molecule has 0 aliphatic carbocycles. The Morgan fingerprint density at radius 2 is 1.75 bits per heavy atom. The minimum absolute atomic E-state index is 0.119.